The summed E-state index contributed by atoms with van der Waals surface area (Å²) in [6, 6.07) is 10.1. The third-order valence-electron chi connectivity index (χ3n) is 3.95. The van der Waals surface area contributed by atoms with Crippen LogP contribution >= 0.6 is 0 Å². The SMILES string of the molecule is CN=C(NCc1ccnc(Oc2ccc(F)cc2)c1)NC1CC1C. The van der Waals surface area contributed by atoms with E-state index >= 15 is 0 Å². The van der Waals surface area contributed by atoms with Gasteiger partial charge in [-0.15, -0.1) is 0 Å². The van der Waals surface area contributed by atoms with E-state index in [2.05, 4.69) is 27.5 Å². The third kappa shape index (κ3) is 4.44. The summed E-state index contributed by atoms with van der Waals surface area (Å²) in [5.41, 5.74) is 1.02. The summed E-state index contributed by atoms with van der Waals surface area (Å²) in [6.07, 6.45) is 2.88. The van der Waals surface area contributed by atoms with E-state index in [-0.39, 0.29) is 5.82 Å². The molecule has 1 aliphatic carbocycles. The van der Waals surface area contributed by atoms with Gasteiger partial charge in [0.2, 0.25) is 5.88 Å². The fourth-order valence-corrected chi connectivity index (χ4v) is 2.32. The summed E-state index contributed by atoms with van der Waals surface area (Å²) < 4.78 is 18.6. The Labute approximate surface area is 141 Å². The highest BCUT2D eigenvalue weighted by Crippen LogP contribution is 2.28. The van der Waals surface area contributed by atoms with Crippen LogP contribution in [0.25, 0.3) is 0 Å². The standard InChI is InChI=1S/C18H21FN4O/c1-12-9-16(12)23-18(20-2)22-11-13-7-8-21-17(10-13)24-15-5-3-14(19)4-6-15/h3-8,10,12,16H,9,11H2,1-2H3,(H2,20,22,23). The van der Waals surface area contributed by atoms with Gasteiger partial charge in [-0.1, -0.05) is 6.92 Å². The number of aromatic nitrogens is 1. The second kappa shape index (κ2) is 7.29. The minimum absolute atomic E-state index is 0.294. The second-order valence-electron chi connectivity index (χ2n) is 5.95. The van der Waals surface area contributed by atoms with Crippen LogP contribution in [-0.2, 0) is 6.54 Å². The van der Waals surface area contributed by atoms with E-state index in [9.17, 15) is 4.39 Å². The molecular weight excluding hydrogens is 307 g/mol. The molecule has 1 aromatic heterocycles. The molecule has 6 heteroatoms. The van der Waals surface area contributed by atoms with Crippen LogP contribution in [0.4, 0.5) is 4.39 Å². The van der Waals surface area contributed by atoms with Gasteiger partial charge < -0.3 is 15.4 Å². The van der Waals surface area contributed by atoms with Crippen molar-refractivity contribution in [1.82, 2.24) is 15.6 Å². The monoisotopic (exact) mass is 328 g/mol. The summed E-state index contributed by atoms with van der Waals surface area (Å²) >= 11 is 0. The van der Waals surface area contributed by atoms with Crippen LogP contribution in [0.1, 0.15) is 18.9 Å². The predicted octanol–water partition coefficient (Wildman–Crippen LogP) is 3.09. The van der Waals surface area contributed by atoms with E-state index in [4.69, 9.17) is 4.74 Å². The molecule has 24 heavy (non-hydrogen) atoms. The average molecular weight is 328 g/mol. The predicted molar refractivity (Wildman–Crippen MR) is 91.6 cm³/mol. The lowest BCUT2D eigenvalue weighted by Crippen LogP contribution is -2.38. The number of nitrogens with one attached hydrogen (secondary N) is 2. The number of halogens is 1. The van der Waals surface area contributed by atoms with Crippen LogP contribution in [0.3, 0.4) is 0 Å². The van der Waals surface area contributed by atoms with E-state index in [0.717, 1.165) is 11.5 Å². The zero-order chi connectivity index (χ0) is 16.9. The molecule has 126 valence electrons. The number of guanidine groups is 1. The number of aliphatic imine (C=N–C) groups is 1. The lowest BCUT2D eigenvalue weighted by molar-refractivity contribution is 0.460. The summed E-state index contributed by atoms with van der Waals surface area (Å²) in [5, 5.41) is 6.66. The Balaban J connectivity index is 1.57. The molecule has 0 spiro atoms. The fourth-order valence-electron chi connectivity index (χ4n) is 2.32. The number of rotatable bonds is 5. The molecule has 2 atom stereocenters. The van der Waals surface area contributed by atoms with Crippen LogP contribution in [0.2, 0.25) is 0 Å². The van der Waals surface area contributed by atoms with Crippen LogP contribution in [0.5, 0.6) is 11.6 Å². The number of pyridine rings is 1. The number of ether oxygens (including phenoxy) is 1. The van der Waals surface area contributed by atoms with Crippen molar-refractivity contribution < 1.29 is 9.13 Å². The van der Waals surface area contributed by atoms with Crippen LogP contribution < -0.4 is 15.4 Å². The van der Waals surface area contributed by atoms with Crippen LogP contribution in [-0.4, -0.2) is 24.0 Å². The van der Waals surface area contributed by atoms with Gasteiger partial charge in [0.1, 0.15) is 11.6 Å². The zero-order valence-electron chi connectivity index (χ0n) is 13.8. The van der Waals surface area contributed by atoms with Gasteiger partial charge >= 0.3 is 0 Å². The number of hydrogen-bond acceptors (Lipinski definition) is 3. The number of hydrogen-bond donors (Lipinski definition) is 2. The Bertz CT molecular complexity index is 717. The molecule has 1 heterocycles. The zero-order valence-corrected chi connectivity index (χ0v) is 13.8. The van der Waals surface area contributed by atoms with Gasteiger partial charge in [-0.2, -0.15) is 0 Å². The third-order valence-corrected chi connectivity index (χ3v) is 3.95. The van der Waals surface area contributed by atoms with Crippen molar-refractivity contribution in [2.75, 3.05) is 7.05 Å². The normalized spacial score (nSPS) is 19.7. The second-order valence-corrected chi connectivity index (χ2v) is 5.95. The first-order valence-electron chi connectivity index (χ1n) is 7.99. The largest absolute Gasteiger partial charge is 0.439 e. The maximum atomic E-state index is 12.9. The maximum Gasteiger partial charge on any atom is 0.219 e. The lowest BCUT2D eigenvalue weighted by Gasteiger charge is -2.12. The summed E-state index contributed by atoms with van der Waals surface area (Å²) in [5.74, 6) is 2.23. The maximum absolute atomic E-state index is 12.9. The first-order valence-corrected chi connectivity index (χ1v) is 7.99. The topological polar surface area (TPSA) is 58.5 Å². The molecule has 1 aromatic carbocycles. The van der Waals surface area contributed by atoms with Gasteiger partial charge in [0.05, 0.1) is 0 Å². The van der Waals surface area contributed by atoms with Crippen molar-refractivity contribution in [3.63, 3.8) is 0 Å². The molecule has 1 fully saturated rings. The van der Waals surface area contributed by atoms with E-state index < -0.39 is 0 Å². The fraction of sp³-hybridized carbons (Fsp3) is 0.333. The highest BCUT2D eigenvalue weighted by molar-refractivity contribution is 5.80. The van der Waals surface area contributed by atoms with Crippen molar-refractivity contribution in [2.24, 2.45) is 10.9 Å². The van der Waals surface area contributed by atoms with E-state index in [1.165, 1.54) is 18.6 Å². The van der Waals surface area contributed by atoms with Crippen molar-refractivity contribution >= 4 is 5.96 Å². The van der Waals surface area contributed by atoms with E-state index in [1.54, 1.807) is 25.4 Å². The first kappa shape index (κ1) is 16.2. The molecule has 5 nitrogen and oxygen atoms in total. The van der Waals surface area contributed by atoms with Crippen LogP contribution in [0, 0.1) is 11.7 Å². The van der Waals surface area contributed by atoms with Gasteiger partial charge in [-0.05, 0) is 48.2 Å². The Morgan fingerprint density at radius 1 is 1.33 bits per heavy atom. The minimum atomic E-state index is -0.294. The molecule has 3 rings (SSSR count). The van der Waals surface area contributed by atoms with E-state index in [0.29, 0.717) is 30.1 Å². The molecule has 2 N–H and O–H groups in total. The molecule has 0 aliphatic heterocycles. The van der Waals surface area contributed by atoms with Crippen molar-refractivity contribution in [3.05, 3.63) is 54.0 Å². The molecule has 0 bridgehead atoms. The Morgan fingerprint density at radius 2 is 2.08 bits per heavy atom. The molecule has 1 aliphatic rings. The highest BCUT2D eigenvalue weighted by Gasteiger charge is 2.33. The number of nitrogens with zero attached hydrogens (tertiary/aromatic N) is 2. The Morgan fingerprint density at radius 3 is 2.75 bits per heavy atom. The highest BCUT2D eigenvalue weighted by atomic mass is 19.1. The smallest absolute Gasteiger partial charge is 0.219 e. The quantitative estimate of drug-likeness (QED) is 0.654. The summed E-state index contributed by atoms with van der Waals surface area (Å²) in [4.78, 5) is 8.41. The molecule has 0 saturated heterocycles. The molecule has 0 radical (unpaired) electrons. The average Bonchev–Trinajstić information content (AvgIpc) is 3.29. The Kier molecular flexibility index (Phi) is 4.93. The van der Waals surface area contributed by atoms with Crippen molar-refractivity contribution in [3.8, 4) is 11.6 Å². The molecule has 1 saturated carbocycles. The van der Waals surface area contributed by atoms with Crippen molar-refractivity contribution in [2.45, 2.75) is 25.9 Å². The van der Waals surface area contributed by atoms with Crippen molar-refractivity contribution in [1.29, 1.82) is 0 Å². The van der Waals surface area contributed by atoms with Gasteiger partial charge in [0, 0.05) is 31.9 Å². The van der Waals surface area contributed by atoms with Gasteiger partial charge in [-0.3, -0.25) is 4.99 Å². The van der Waals surface area contributed by atoms with Crippen LogP contribution in [0.15, 0.2) is 47.6 Å². The molecule has 0 amide bonds. The van der Waals surface area contributed by atoms with E-state index in [1.807, 2.05) is 12.1 Å². The van der Waals surface area contributed by atoms with Gasteiger partial charge in [0.15, 0.2) is 5.96 Å². The summed E-state index contributed by atoms with van der Waals surface area (Å²) in [7, 11) is 1.76. The minimum Gasteiger partial charge on any atom is -0.439 e. The molecule has 2 unspecified atom stereocenters. The molecular formula is C18H21FN4O. The summed E-state index contributed by atoms with van der Waals surface area (Å²) in [6.45, 7) is 2.83. The Hall–Kier alpha value is -2.63. The molecule has 2 aromatic rings. The first-order chi connectivity index (χ1) is 11.6. The number of benzene rings is 1. The lowest BCUT2D eigenvalue weighted by atomic mass is 10.2. The van der Waals surface area contributed by atoms with Gasteiger partial charge in [-0.25, -0.2) is 9.37 Å². The van der Waals surface area contributed by atoms with Gasteiger partial charge in [0.25, 0.3) is 0 Å².